The van der Waals surface area contributed by atoms with Gasteiger partial charge in [-0.05, 0) is 37.6 Å². The Morgan fingerprint density at radius 2 is 2.14 bits per heavy atom. The molecule has 2 rings (SSSR count). The van der Waals surface area contributed by atoms with Crippen molar-refractivity contribution in [1.29, 1.82) is 0 Å². The van der Waals surface area contributed by atoms with Crippen LogP contribution < -0.4 is 10.5 Å². The lowest BCUT2D eigenvalue weighted by atomic mass is 9.77. The van der Waals surface area contributed by atoms with Gasteiger partial charge in [-0.25, -0.2) is 0 Å². The van der Waals surface area contributed by atoms with Crippen LogP contribution in [0.5, 0.6) is 5.75 Å². The highest BCUT2D eigenvalue weighted by molar-refractivity contribution is 5.28. The Kier molecular flexibility index (Phi) is 5.62. The van der Waals surface area contributed by atoms with E-state index in [0.29, 0.717) is 6.54 Å². The van der Waals surface area contributed by atoms with E-state index in [1.807, 2.05) is 12.1 Å². The lowest BCUT2D eigenvalue weighted by molar-refractivity contribution is -0.0688. The van der Waals surface area contributed by atoms with Gasteiger partial charge >= 0.3 is 0 Å². The third-order valence-corrected chi connectivity index (χ3v) is 4.88. The van der Waals surface area contributed by atoms with Crippen LogP contribution in [0, 0.1) is 0 Å². The van der Waals surface area contributed by atoms with E-state index in [-0.39, 0.29) is 11.6 Å². The third-order valence-electron chi connectivity index (χ3n) is 4.88. The fraction of sp³-hybridized carbons (Fsp3) is 0.647. The molecule has 1 aliphatic carbocycles. The lowest BCUT2D eigenvalue weighted by Crippen LogP contribution is -2.61. The first-order valence-corrected chi connectivity index (χ1v) is 7.73. The highest BCUT2D eigenvalue weighted by atomic mass is 16.5. The number of ether oxygens (including phenoxy) is 2. The predicted molar refractivity (Wildman–Crippen MR) is 85.5 cm³/mol. The predicted octanol–water partition coefficient (Wildman–Crippen LogP) is 2.41. The van der Waals surface area contributed by atoms with Crippen LogP contribution in [-0.4, -0.2) is 44.4 Å². The lowest BCUT2D eigenvalue weighted by Gasteiger charge is -2.48. The topological polar surface area (TPSA) is 47.7 Å². The van der Waals surface area contributed by atoms with Crippen molar-refractivity contribution in [2.24, 2.45) is 5.73 Å². The Labute approximate surface area is 128 Å². The van der Waals surface area contributed by atoms with Crippen molar-refractivity contribution < 1.29 is 9.47 Å². The van der Waals surface area contributed by atoms with Gasteiger partial charge in [0.2, 0.25) is 0 Å². The molecule has 4 heteroatoms. The van der Waals surface area contributed by atoms with Gasteiger partial charge in [0.15, 0.2) is 0 Å². The van der Waals surface area contributed by atoms with Gasteiger partial charge in [-0.15, -0.1) is 0 Å². The summed E-state index contributed by atoms with van der Waals surface area (Å²) in [5.41, 5.74) is 7.35. The van der Waals surface area contributed by atoms with Gasteiger partial charge in [0, 0.05) is 20.2 Å². The second-order valence-corrected chi connectivity index (χ2v) is 5.99. The molecule has 0 saturated heterocycles. The normalized spacial score (nSPS) is 26.0. The van der Waals surface area contributed by atoms with E-state index in [0.717, 1.165) is 25.1 Å². The Balaban J connectivity index is 2.16. The monoisotopic (exact) mass is 292 g/mol. The van der Waals surface area contributed by atoms with E-state index in [2.05, 4.69) is 24.1 Å². The standard InChI is InChI=1S/C17H28N2O2/c1-19(12-14-7-6-8-15(11-14)20-2)17(13-18)10-5-4-9-16(17)21-3/h6-8,11,16H,4-5,9-10,12-13,18H2,1-3H3. The number of hydrogen-bond acceptors (Lipinski definition) is 4. The first-order chi connectivity index (χ1) is 10.2. The Morgan fingerprint density at radius 1 is 1.33 bits per heavy atom. The van der Waals surface area contributed by atoms with Gasteiger partial charge in [0.25, 0.3) is 0 Å². The summed E-state index contributed by atoms with van der Waals surface area (Å²) in [6.45, 7) is 1.49. The number of methoxy groups -OCH3 is 2. The fourth-order valence-corrected chi connectivity index (χ4v) is 3.56. The van der Waals surface area contributed by atoms with E-state index in [1.165, 1.54) is 18.4 Å². The molecule has 0 radical (unpaired) electrons. The number of nitrogens with two attached hydrogens (primary N) is 1. The molecule has 0 bridgehead atoms. The van der Waals surface area contributed by atoms with E-state index >= 15 is 0 Å². The molecule has 0 aliphatic heterocycles. The molecule has 2 unspecified atom stereocenters. The number of benzene rings is 1. The first kappa shape index (κ1) is 16.3. The summed E-state index contributed by atoms with van der Waals surface area (Å²) >= 11 is 0. The minimum absolute atomic E-state index is 0.0594. The Morgan fingerprint density at radius 3 is 2.81 bits per heavy atom. The van der Waals surface area contributed by atoms with Gasteiger partial charge in [-0.1, -0.05) is 25.0 Å². The molecule has 4 nitrogen and oxygen atoms in total. The van der Waals surface area contributed by atoms with Crippen LogP contribution in [0.3, 0.4) is 0 Å². The zero-order chi connectivity index (χ0) is 15.3. The Bertz CT molecular complexity index is 452. The maximum absolute atomic E-state index is 6.17. The van der Waals surface area contributed by atoms with Crippen LogP contribution in [-0.2, 0) is 11.3 Å². The maximum atomic E-state index is 6.17. The number of likely N-dealkylation sites (N-methyl/N-ethyl adjacent to an activating group) is 1. The summed E-state index contributed by atoms with van der Waals surface area (Å²) in [5.74, 6) is 0.898. The van der Waals surface area contributed by atoms with Crippen LogP contribution in [0.2, 0.25) is 0 Å². The molecule has 0 amide bonds. The zero-order valence-electron chi connectivity index (χ0n) is 13.5. The molecular formula is C17H28N2O2. The quantitative estimate of drug-likeness (QED) is 0.875. The van der Waals surface area contributed by atoms with Crippen molar-refractivity contribution in [1.82, 2.24) is 4.90 Å². The summed E-state index contributed by atoms with van der Waals surface area (Å²) in [4.78, 5) is 2.37. The average Bonchev–Trinajstić information content (AvgIpc) is 2.54. The second-order valence-electron chi connectivity index (χ2n) is 5.99. The van der Waals surface area contributed by atoms with Gasteiger partial charge < -0.3 is 15.2 Å². The van der Waals surface area contributed by atoms with E-state index in [1.54, 1.807) is 14.2 Å². The van der Waals surface area contributed by atoms with E-state index in [9.17, 15) is 0 Å². The van der Waals surface area contributed by atoms with Crippen molar-refractivity contribution in [3.8, 4) is 5.75 Å². The van der Waals surface area contributed by atoms with E-state index in [4.69, 9.17) is 15.2 Å². The second kappa shape index (κ2) is 7.25. The molecule has 1 fully saturated rings. The minimum atomic E-state index is -0.0594. The van der Waals surface area contributed by atoms with Gasteiger partial charge in [0.05, 0.1) is 18.8 Å². The SMILES string of the molecule is COc1cccc(CN(C)C2(CN)CCCCC2OC)c1. The summed E-state index contributed by atoms with van der Waals surface area (Å²) in [6.07, 6.45) is 4.86. The first-order valence-electron chi connectivity index (χ1n) is 7.73. The maximum Gasteiger partial charge on any atom is 0.119 e. The van der Waals surface area contributed by atoms with Crippen LogP contribution in [0.1, 0.15) is 31.2 Å². The van der Waals surface area contributed by atoms with Gasteiger partial charge in [-0.2, -0.15) is 0 Å². The number of hydrogen-bond donors (Lipinski definition) is 1. The molecule has 2 N–H and O–H groups in total. The van der Waals surface area contributed by atoms with Gasteiger partial charge in [0.1, 0.15) is 5.75 Å². The summed E-state index contributed by atoms with van der Waals surface area (Å²) in [5, 5.41) is 0. The van der Waals surface area contributed by atoms with E-state index < -0.39 is 0 Å². The van der Waals surface area contributed by atoms with Gasteiger partial charge in [-0.3, -0.25) is 4.90 Å². The largest absolute Gasteiger partial charge is 0.497 e. The molecule has 1 aliphatic rings. The summed E-state index contributed by atoms with van der Waals surface area (Å²) in [7, 11) is 5.66. The number of rotatable bonds is 6. The molecule has 21 heavy (non-hydrogen) atoms. The minimum Gasteiger partial charge on any atom is -0.497 e. The Hall–Kier alpha value is -1.10. The van der Waals surface area contributed by atoms with Crippen LogP contribution >= 0.6 is 0 Å². The molecule has 1 saturated carbocycles. The molecule has 118 valence electrons. The molecule has 0 spiro atoms. The number of nitrogens with zero attached hydrogens (tertiary/aromatic N) is 1. The summed E-state index contributed by atoms with van der Waals surface area (Å²) in [6, 6.07) is 8.23. The molecule has 0 heterocycles. The van der Waals surface area contributed by atoms with Crippen molar-refractivity contribution in [2.75, 3.05) is 27.8 Å². The summed E-state index contributed by atoms with van der Waals surface area (Å²) < 4.78 is 11.1. The van der Waals surface area contributed by atoms with Crippen molar-refractivity contribution in [3.05, 3.63) is 29.8 Å². The van der Waals surface area contributed by atoms with Crippen LogP contribution in [0.15, 0.2) is 24.3 Å². The molecular weight excluding hydrogens is 264 g/mol. The average molecular weight is 292 g/mol. The highest BCUT2D eigenvalue weighted by Crippen LogP contribution is 2.35. The zero-order valence-corrected chi connectivity index (χ0v) is 13.5. The third kappa shape index (κ3) is 3.39. The van der Waals surface area contributed by atoms with Crippen molar-refractivity contribution in [2.45, 2.75) is 43.9 Å². The molecule has 1 aromatic rings. The molecule has 2 atom stereocenters. The van der Waals surface area contributed by atoms with Crippen LogP contribution in [0.25, 0.3) is 0 Å². The smallest absolute Gasteiger partial charge is 0.119 e. The molecule has 0 aromatic heterocycles. The fourth-order valence-electron chi connectivity index (χ4n) is 3.56. The van der Waals surface area contributed by atoms with Crippen LogP contribution in [0.4, 0.5) is 0 Å². The van der Waals surface area contributed by atoms with Crippen molar-refractivity contribution in [3.63, 3.8) is 0 Å². The molecule has 1 aromatic carbocycles. The highest BCUT2D eigenvalue weighted by Gasteiger charge is 2.43. The van der Waals surface area contributed by atoms with Crippen molar-refractivity contribution >= 4 is 0 Å².